The van der Waals surface area contributed by atoms with Gasteiger partial charge in [0.15, 0.2) is 0 Å². The van der Waals surface area contributed by atoms with Gasteiger partial charge in [-0.05, 0) is 6.92 Å². The molecule has 2 atom stereocenters. The molecule has 1 aromatic rings. The highest BCUT2D eigenvalue weighted by atomic mass is 16.6. The average molecular weight is 283 g/mol. The smallest absolute Gasteiger partial charge is 0.276 e. The molecule has 2 unspecified atom stereocenters. The van der Waals surface area contributed by atoms with Crippen LogP contribution < -0.4 is 16.2 Å². The third kappa shape index (κ3) is 3.13. The molecule has 1 fully saturated rings. The topological polar surface area (TPSA) is 127 Å². The summed E-state index contributed by atoms with van der Waals surface area (Å²) in [6.45, 7) is 2.71. The average Bonchev–Trinajstić information content (AvgIpc) is 2.45. The van der Waals surface area contributed by atoms with E-state index in [1.165, 1.54) is 12.1 Å². The van der Waals surface area contributed by atoms with E-state index in [1.807, 2.05) is 11.8 Å². The van der Waals surface area contributed by atoms with E-state index >= 15 is 0 Å². The first-order chi connectivity index (χ1) is 9.53. The molecular formula is C11H17N5O4. The first-order valence-corrected chi connectivity index (χ1v) is 6.18. The molecule has 0 radical (unpaired) electrons. The van der Waals surface area contributed by atoms with Crippen molar-refractivity contribution < 1.29 is 14.8 Å². The number of ether oxygens (including phenoxy) is 1. The predicted molar refractivity (Wildman–Crippen MR) is 72.3 cm³/mol. The molecule has 0 amide bonds. The van der Waals surface area contributed by atoms with Crippen molar-refractivity contribution >= 4 is 17.3 Å². The Hall–Kier alpha value is -1.97. The van der Waals surface area contributed by atoms with Crippen molar-refractivity contribution in [3.8, 4) is 0 Å². The highest BCUT2D eigenvalue weighted by molar-refractivity contribution is 5.55. The van der Waals surface area contributed by atoms with Crippen LogP contribution in [0.5, 0.6) is 0 Å². The minimum atomic E-state index is -0.501. The summed E-state index contributed by atoms with van der Waals surface area (Å²) in [5, 5.41) is 20.1. The number of nitro groups is 1. The van der Waals surface area contributed by atoms with Gasteiger partial charge in [-0.3, -0.25) is 10.1 Å². The lowest BCUT2D eigenvalue weighted by atomic mass is 10.2. The molecule has 0 aliphatic carbocycles. The van der Waals surface area contributed by atoms with E-state index in [0.29, 0.717) is 18.9 Å². The van der Waals surface area contributed by atoms with Gasteiger partial charge in [0, 0.05) is 13.1 Å². The van der Waals surface area contributed by atoms with Crippen LogP contribution in [-0.4, -0.2) is 46.9 Å². The molecular weight excluding hydrogens is 266 g/mol. The minimum Gasteiger partial charge on any atom is -0.394 e. The zero-order chi connectivity index (χ0) is 14.7. The second-order valence-corrected chi connectivity index (χ2v) is 4.63. The SMILES string of the molecule is CC1CN(c2cc([N+](=O)[O-])cc(NN)n2)CC(CO)O1. The summed E-state index contributed by atoms with van der Waals surface area (Å²) in [6.07, 6.45) is -0.439. The summed E-state index contributed by atoms with van der Waals surface area (Å²) in [5.74, 6) is 5.93. The van der Waals surface area contributed by atoms with Crippen LogP contribution >= 0.6 is 0 Å². The lowest BCUT2D eigenvalue weighted by molar-refractivity contribution is -0.384. The highest BCUT2D eigenvalue weighted by Crippen LogP contribution is 2.25. The van der Waals surface area contributed by atoms with E-state index < -0.39 is 4.92 Å². The molecule has 1 aliphatic rings. The molecule has 0 aromatic carbocycles. The molecule has 9 nitrogen and oxygen atoms in total. The van der Waals surface area contributed by atoms with E-state index in [-0.39, 0.29) is 30.3 Å². The van der Waals surface area contributed by atoms with Gasteiger partial charge in [0.1, 0.15) is 11.6 Å². The van der Waals surface area contributed by atoms with E-state index in [2.05, 4.69) is 10.4 Å². The Labute approximate surface area is 115 Å². The number of nitrogens with two attached hydrogens (primary N) is 1. The number of aromatic nitrogens is 1. The van der Waals surface area contributed by atoms with E-state index in [4.69, 9.17) is 10.6 Å². The van der Waals surface area contributed by atoms with Crippen molar-refractivity contribution in [1.82, 2.24) is 4.98 Å². The largest absolute Gasteiger partial charge is 0.394 e. The summed E-state index contributed by atoms with van der Waals surface area (Å²) in [7, 11) is 0. The van der Waals surface area contributed by atoms with E-state index in [9.17, 15) is 15.2 Å². The van der Waals surface area contributed by atoms with Gasteiger partial charge in [0.25, 0.3) is 5.69 Å². The monoisotopic (exact) mass is 283 g/mol. The number of nitrogen functional groups attached to an aromatic ring is 1. The van der Waals surface area contributed by atoms with Crippen molar-refractivity contribution in [2.45, 2.75) is 19.1 Å². The Morgan fingerprint density at radius 1 is 1.65 bits per heavy atom. The van der Waals surface area contributed by atoms with Gasteiger partial charge < -0.3 is 20.2 Å². The number of hydrogen-bond donors (Lipinski definition) is 3. The number of aliphatic hydroxyl groups is 1. The summed E-state index contributed by atoms with van der Waals surface area (Å²) >= 11 is 0. The molecule has 9 heteroatoms. The summed E-state index contributed by atoms with van der Waals surface area (Å²) in [4.78, 5) is 16.5. The lowest BCUT2D eigenvalue weighted by Gasteiger charge is -2.36. The summed E-state index contributed by atoms with van der Waals surface area (Å²) in [5.41, 5.74) is 2.22. The molecule has 1 saturated heterocycles. The standard InChI is InChI=1S/C11H17N5O4/c1-7-4-15(5-9(6-17)20-7)11-3-8(16(18)19)2-10(13-11)14-12/h2-3,7,9,17H,4-6,12H2,1H3,(H,13,14). The number of nitrogens with zero attached hydrogens (tertiary/aromatic N) is 3. The maximum atomic E-state index is 10.9. The molecule has 4 N–H and O–H groups in total. The second kappa shape index (κ2) is 5.99. The molecule has 1 aromatic heterocycles. The van der Waals surface area contributed by atoms with Crippen LogP contribution in [0, 0.1) is 10.1 Å². The van der Waals surface area contributed by atoms with Crippen LogP contribution in [0.3, 0.4) is 0 Å². The number of morpholine rings is 1. The maximum Gasteiger partial charge on any atom is 0.276 e. The molecule has 0 saturated carbocycles. The van der Waals surface area contributed by atoms with Crippen molar-refractivity contribution in [3.05, 3.63) is 22.2 Å². The molecule has 110 valence electrons. The Kier molecular flexibility index (Phi) is 4.32. The van der Waals surface area contributed by atoms with Gasteiger partial charge in [-0.1, -0.05) is 0 Å². The van der Waals surface area contributed by atoms with Gasteiger partial charge in [-0.2, -0.15) is 0 Å². The van der Waals surface area contributed by atoms with Gasteiger partial charge in [0.2, 0.25) is 0 Å². The maximum absolute atomic E-state index is 10.9. The summed E-state index contributed by atoms with van der Waals surface area (Å²) < 4.78 is 5.53. The normalized spacial score (nSPS) is 22.6. The van der Waals surface area contributed by atoms with Crippen molar-refractivity contribution in [2.24, 2.45) is 5.84 Å². The van der Waals surface area contributed by atoms with Crippen LogP contribution in [0.15, 0.2) is 12.1 Å². The van der Waals surface area contributed by atoms with Crippen molar-refractivity contribution in [2.75, 3.05) is 30.0 Å². The Morgan fingerprint density at radius 2 is 2.40 bits per heavy atom. The van der Waals surface area contributed by atoms with Crippen LogP contribution in [0.25, 0.3) is 0 Å². The van der Waals surface area contributed by atoms with Crippen molar-refractivity contribution in [1.29, 1.82) is 0 Å². The number of pyridine rings is 1. The van der Waals surface area contributed by atoms with Crippen LogP contribution in [0.2, 0.25) is 0 Å². The number of anilines is 2. The fourth-order valence-electron chi connectivity index (χ4n) is 2.18. The highest BCUT2D eigenvalue weighted by Gasteiger charge is 2.27. The molecule has 2 heterocycles. The van der Waals surface area contributed by atoms with Crippen LogP contribution in [0.4, 0.5) is 17.3 Å². The molecule has 0 spiro atoms. The Morgan fingerprint density at radius 3 is 3.00 bits per heavy atom. The zero-order valence-corrected chi connectivity index (χ0v) is 11.0. The predicted octanol–water partition coefficient (Wildman–Crippen LogP) is -0.139. The molecule has 0 bridgehead atoms. The number of rotatable bonds is 4. The Bertz CT molecular complexity index is 498. The number of aliphatic hydroxyl groups excluding tert-OH is 1. The minimum absolute atomic E-state index is 0.0948. The zero-order valence-electron chi connectivity index (χ0n) is 11.0. The van der Waals surface area contributed by atoms with Gasteiger partial charge in [-0.15, -0.1) is 0 Å². The van der Waals surface area contributed by atoms with E-state index in [1.54, 1.807) is 0 Å². The van der Waals surface area contributed by atoms with Crippen LogP contribution in [0.1, 0.15) is 6.92 Å². The van der Waals surface area contributed by atoms with Gasteiger partial charge in [-0.25, -0.2) is 10.8 Å². The first-order valence-electron chi connectivity index (χ1n) is 6.18. The van der Waals surface area contributed by atoms with Crippen molar-refractivity contribution in [3.63, 3.8) is 0 Å². The third-order valence-electron chi connectivity index (χ3n) is 3.01. The molecule has 2 rings (SSSR count). The quantitative estimate of drug-likeness (QED) is 0.396. The third-order valence-corrected chi connectivity index (χ3v) is 3.01. The second-order valence-electron chi connectivity index (χ2n) is 4.63. The number of hydrogen-bond acceptors (Lipinski definition) is 8. The lowest BCUT2D eigenvalue weighted by Crippen LogP contribution is -2.48. The number of hydrazine groups is 1. The van der Waals surface area contributed by atoms with E-state index in [0.717, 1.165) is 0 Å². The van der Waals surface area contributed by atoms with Gasteiger partial charge in [0.05, 0.1) is 35.9 Å². The summed E-state index contributed by atoms with van der Waals surface area (Å²) in [6, 6.07) is 2.64. The Balaban J connectivity index is 2.30. The van der Waals surface area contributed by atoms with Crippen LogP contribution in [-0.2, 0) is 4.74 Å². The molecule has 1 aliphatic heterocycles. The first kappa shape index (κ1) is 14.4. The van der Waals surface area contributed by atoms with Gasteiger partial charge >= 0.3 is 0 Å². The number of nitrogens with one attached hydrogen (secondary N) is 1. The molecule has 20 heavy (non-hydrogen) atoms. The fraction of sp³-hybridized carbons (Fsp3) is 0.545. The fourth-order valence-corrected chi connectivity index (χ4v) is 2.18.